The van der Waals surface area contributed by atoms with Crippen molar-refractivity contribution in [3.8, 4) is 29.4 Å². The van der Waals surface area contributed by atoms with Crippen LogP contribution in [0.5, 0.6) is 5.75 Å². The smallest absolute Gasteiger partial charge is 0.227 e. The Labute approximate surface area is 210 Å². The number of nitrogens with zero attached hydrogens (tertiary/aromatic N) is 3. The van der Waals surface area contributed by atoms with E-state index in [1.54, 1.807) is 22.8 Å². The molecule has 4 aromatic rings. The number of phenols is 1. The number of anilines is 2. The molecule has 0 atom stereocenters. The van der Waals surface area contributed by atoms with Gasteiger partial charge in [0.05, 0.1) is 17.5 Å². The van der Waals surface area contributed by atoms with Crippen LogP contribution in [0.1, 0.15) is 49.7 Å². The van der Waals surface area contributed by atoms with Crippen LogP contribution in [0.15, 0.2) is 60.8 Å². The third kappa shape index (κ3) is 5.03. The van der Waals surface area contributed by atoms with E-state index in [4.69, 9.17) is 6.42 Å². The molecule has 36 heavy (non-hydrogen) atoms. The molecule has 0 bridgehead atoms. The summed E-state index contributed by atoms with van der Waals surface area (Å²) < 4.78 is 1.66. The summed E-state index contributed by atoms with van der Waals surface area (Å²) in [5, 5.41) is 21.3. The molecular weight excluding hydrogens is 450 g/mol. The standard InChI is InChI=1S/C29H29N5O2/c1-2-21-19-31-34-27(17-25(33-28(21)34)24-14-7-8-15-26(24)35)30-18-20-10-9-13-23(16-20)32-29(36)22-11-5-3-4-6-12-22/h1,7-10,13-17,19,22,30,35H,3-6,11-12,18H2,(H,32,36). The molecule has 1 fully saturated rings. The predicted molar refractivity (Wildman–Crippen MR) is 142 cm³/mol. The number of rotatable bonds is 6. The number of carbonyl (C=O) groups excluding carboxylic acids is 1. The van der Waals surface area contributed by atoms with Gasteiger partial charge in [-0.15, -0.1) is 6.42 Å². The maximum Gasteiger partial charge on any atom is 0.227 e. The van der Waals surface area contributed by atoms with Crippen LogP contribution in [0.25, 0.3) is 16.9 Å². The summed E-state index contributed by atoms with van der Waals surface area (Å²) in [5.74, 6) is 3.66. The SMILES string of the molecule is C#Cc1cnn2c(NCc3cccc(NC(=O)C4CCCCCC4)c3)cc(-c3ccccc3O)nc12. The van der Waals surface area contributed by atoms with E-state index in [9.17, 15) is 9.90 Å². The van der Waals surface area contributed by atoms with E-state index in [1.165, 1.54) is 12.8 Å². The maximum atomic E-state index is 12.8. The number of phenolic OH excluding ortho intramolecular Hbond substituents is 1. The second-order valence-electron chi connectivity index (χ2n) is 9.21. The monoisotopic (exact) mass is 479 g/mol. The highest BCUT2D eigenvalue weighted by atomic mass is 16.3. The van der Waals surface area contributed by atoms with E-state index in [-0.39, 0.29) is 17.6 Å². The molecular formula is C29H29N5O2. The highest BCUT2D eigenvalue weighted by Gasteiger charge is 2.20. The molecule has 182 valence electrons. The zero-order valence-electron chi connectivity index (χ0n) is 20.1. The van der Waals surface area contributed by atoms with Gasteiger partial charge >= 0.3 is 0 Å². The van der Waals surface area contributed by atoms with Crippen LogP contribution >= 0.6 is 0 Å². The fourth-order valence-electron chi connectivity index (χ4n) is 4.76. The summed E-state index contributed by atoms with van der Waals surface area (Å²) in [6.45, 7) is 0.498. The van der Waals surface area contributed by atoms with Crippen molar-refractivity contribution in [2.45, 2.75) is 45.1 Å². The summed E-state index contributed by atoms with van der Waals surface area (Å²) in [6.07, 6.45) is 13.9. The van der Waals surface area contributed by atoms with Crippen LogP contribution in [0.4, 0.5) is 11.5 Å². The molecule has 0 saturated heterocycles. The number of hydrogen-bond donors (Lipinski definition) is 3. The van der Waals surface area contributed by atoms with Gasteiger partial charge in [-0.05, 0) is 42.7 Å². The van der Waals surface area contributed by atoms with Gasteiger partial charge in [0, 0.05) is 29.8 Å². The van der Waals surface area contributed by atoms with Crippen molar-refractivity contribution in [2.75, 3.05) is 10.6 Å². The quantitative estimate of drug-likeness (QED) is 0.247. The molecule has 3 N–H and O–H groups in total. The molecule has 2 aromatic heterocycles. The highest BCUT2D eigenvalue weighted by molar-refractivity contribution is 5.92. The Morgan fingerprint density at radius 3 is 2.67 bits per heavy atom. The molecule has 0 unspecified atom stereocenters. The third-order valence-electron chi connectivity index (χ3n) is 6.70. The second kappa shape index (κ2) is 10.5. The first-order chi connectivity index (χ1) is 17.6. The van der Waals surface area contributed by atoms with Gasteiger partial charge in [0.2, 0.25) is 5.91 Å². The molecule has 0 spiro atoms. The normalized spacial score (nSPS) is 14.2. The van der Waals surface area contributed by atoms with Crippen molar-refractivity contribution in [2.24, 2.45) is 5.92 Å². The molecule has 1 aliphatic rings. The molecule has 0 radical (unpaired) electrons. The number of aromatic hydroxyl groups is 1. The second-order valence-corrected chi connectivity index (χ2v) is 9.21. The van der Waals surface area contributed by atoms with Crippen molar-refractivity contribution in [3.05, 3.63) is 71.9 Å². The van der Waals surface area contributed by atoms with E-state index in [1.807, 2.05) is 42.5 Å². The number of amides is 1. The molecule has 2 heterocycles. The Kier molecular flexibility index (Phi) is 6.85. The lowest BCUT2D eigenvalue weighted by molar-refractivity contribution is -0.120. The fourth-order valence-corrected chi connectivity index (χ4v) is 4.76. The first-order valence-corrected chi connectivity index (χ1v) is 12.4. The lowest BCUT2D eigenvalue weighted by atomic mass is 9.99. The molecule has 7 nitrogen and oxygen atoms in total. The lowest BCUT2D eigenvalue weighted by Gasteiger charge is -2.15. The van der Waals surface area contributed by atoms with Crippen molar-refractivity contribution < 1.29 is 9.90 Å². The average Bonchev–Trinajstić information content (AvgIpc) is 3.11. The van der Waals surface area contributed by atoms with Crippen LogP contribution in [0.2, 0.25) is 0 Å². The van der Waals surface area contributed by atoms with E-state index < -0.39 is 0 Å². The number of fused-ring (bicyclic) bond motifs is 1. The minimum absolute atomic E-state index is 0.0948. The van der Waals surface area contributed by atoms with E-state index in [2.05, 4.69) is 26.6 Å². The fraction of sp³-hybridized carbons (Fsp3) is 0.276. The Morgan fingerprint density at radius 1 is 1.08 bits per heavy atom. The van der Waals surface area contributed by atoms with Crippen LogP contribution in [-0.2, 0) is 11.3 Å². The number of benzene rings is 2. The van der Waals surface area contributed by atoms with Crippen LogP contribution < -0.4 is 10.6 Å². The predicted octanol–water partition coefficient (Wildman–Crippen LogP) is 5.60. The minimum Gasteiger partial charge on any atom is -0.507 e. The van der Waals surface area contributed by atoms with Gasteiger partial charge in [0.1, 0.15) is 11.6 Å². The summed E-state index contributed by atoms with van der Waals surface area (Å²) in [5.41, 5.74) is 4.10. The van der Waals surface area contributed by atoms with Gasteiger partial charge < -0.3 is 15.7 Å². The lowest BCUT2D eigenvalue weighted by Crippen LogP contribution is -2.22. The summed E-state index contributed by atoms with van der Waals surface area (Å²) in [6, 6.07) is 16.8. The summed E-state index contributed by atoms with van der Waals surface area (Å²) in [4.78, 5) is 17.5. The van der Waals surface area contributed by atoms with Crippen LogP contribution in [-0.4, -0.2) is 25.6 Å². The zero-order chi connectivity index (χ0) is 24.9. The van der Waals surface area contributed by atoms with E-state index >= 15 is 0 Å². The zero-order valence-corrected chi connectivity index (χ0v) is 20.1. The van der Waals surface area contributed by atoms with Gasteiger partial charge in [-0.1, -0.05) is 55.9 Å². The van der Waals surface area contributed by atoms with Crippen LogP contribution in [0.3, 0.4) is 0 Å². The largest absolute Gasteiger partial charge is 0.507 e. The van der Waals surface area contributed by atoms with Crippen LogP contribution in [0, 0.1) is 18.3 Å². The minimum atomic E-state index is 0.0948. The molecule has 1 amide bonds. The summed E-state index contributed by atoms with van der Waals surface area (Å²) in [7, 11) is 0. The molecule has 1 aliphatic carbocycles. The topological polar surface area (TPSA) is 91.5 Å². The van der Waals surface area contributed by atoms with Gasteiger partial charge in [-0.2, -0.15) is 9.61 Å². The number of para-hydroxylation sites is 1. The Balaban J connectivity index is 1.37. The van der Waals surface area contributed by atoms with E-state index in [0.717, 1.165) is 36.9 Å². The molecule has 5 rings (SSSR count). The van der Waals surface area contributed by atoms with Crippen molar-refractivity contribution in [1.29, 1.82) is 0 Å². The number of terminal acetylenes is 1. The Hall–Kier alpha value is -4.31. The first kappa shape index (κ1) is 23.4. The third-order valence-corrected chi connectivity index (χ3v) is 6.70. The highest BCUT2D eigenvalue weighted by Crippen LogP contribution is 2.30. The van der Waals surface area contributed by atoms with Gasteiger partial charge in [-0.3, -0.25) is 4.79 Å². The van der Waals surface area contributed by atoms with Gasteiger partial charge in [-0.25, -0.2) is 4.98 Å². The van der Waals surface area contributed by atoms with Crippen molar-refractivity contribution >= 4 is 23.1 Å². The first-order valence-electron chi connectivity index (χ1n) is 12.4. The van der Waals surface area contributed by atoms with E-state index in [0.29, 0.717) is 34.8 Å². The Morgan fingerprint density at radius 2 is 1.89 bits per heavy atom. The maximum absolute atomic E-state index is 12.8. The number of nitrogens with one attached hydrogen (secondary N) is 2. The Bertz CT molecular complexity index is 1430. The molecule has 0 aliphatic heterocycles. The van der Waals surface area contributed by atoms with Gasteiger partial charge in [0.15, 0.2) is 5.65 Å². The van der Waals surface area contributed by atoms with Crippen molar-refractivity contribution in [3.63, 3.8) is 0 Å². The molecule has 1 saturated carbocycles. The number of aromatic nitrogens is 3. The van der Waals surface area contributed by atoms with Gasteiger partial charge in [0.25, 0.3) is 0 Å². The molecule has 2 aromatic carbocycles. The van der Waals surface area contributed by atoms with Crippen molar-refractivity contribution in [1.82, 2.24) is 14.6 Å². The average molecular weight is 480 g/mol. The number of carbonyl (C=O) groups is 1. The summed E-state index contributed by atoms with van der Waals surface area (Å²) >= 11 is 0. The molecule has 7 heteroatoms. The number of hydrogen-bond acceptors (Lipinski definition) is 5.